The summed E-state index contributed by atoms with van der Waals surface area (Å²) in [5.74, 6) is -0.0538. The van der Waals surface area contributed by atoms with E-state index in [1.54, 1.807) is 6.07 Å². The normalized spacial score (nSPS) is 15.7. The first-order valence-corrected chi connectivity index (χ1v) is 15.3. The van der Waals surface area contributed by atoms with Crippen LogP contribution >= 0.6 is 0 Å². The maximum Gasteiger partial charge on any atom is 0.338 e. The van der Waals surface area contributed by atoms with Crippen LogP contribution < -0.4 is 0 Å². The number of esters is 1. The predicted octanol–water partition coefficient (Wildman–Crippen LogP) is 8.26. The van der Waals surface area contributed by atoms with Crippen molar-refractivity contribution >= 4 is 11.9 Å². The number of carbonyl (C=O) groups is 2. The van der Waals surface area contributed by atoms with Crippen LogP contribution in [-0.2, 0) is 35.3 Å². The average molecular weight is 580 g/mol. The largest absolute Gasteiger partial charge is 0.465 e. The first kappa shape index (κ1) is 29.1. The standard InChI is InChI=1S/C40H37NO3/c1-44-40(43)37-23-13-12-22-36(37)34-20-10-9-19-32(34)27-38(42)41(28-30-16-6-3-7-17-30)39-33(26-29-14-4-2-5-15-29)25-24-31-18-8-11-21-35(31)39/h2-23,33,39H,24-28H2,1H3/t33-,39-/m0/s1. The first-order valence-electron chi connectivity index (χ1n) is 15.3. The van der Waals surface area contributed by atoms with Gasteiger partial charge >= 0.3 is 5.97 Å². The highest BCUT2D eigenvalue weighted by Crippen LogP contribution is 2.42. The minimum absolute atomic E-state index is 0.0663. The van der Waals surface area contributed by atoms with E-state index in [4.69, 9.17) is 4.74 Å². The van der Waals surface area contributed by atoms with Crippen molar-refractivity contribution in [3.63, 3.8) is 0 Å². The molecule has 4 heteroatoms. The number of benzene rings is 5. The molecular weight excluding hydrogens is 542 g/mol. The lowest BCUT2D eigenvalue weighted by Crippen LogP contribution is -2.42. The maximum absolute atomic E-state index is 14.7. The highest BCUT2D eigenvalue weighted by Gasteiger charge is 2.36. The molecule has 0 aromatic heterocycles. The van der Waals surface area contributed by atoms with Gasteiger partial charge in [-0.3, -0.25) is 4.79 Å². The molecule has 5 aromatic carbocycles. The molecule has 0 radical (unpaired) electrons. The maximum atomic E-state index is 14.7. The van der Waals surface area contributed by atoms with E-state index in [1.807, 2.05) is 60.7 Å². The van der Waals surface area contributed by atoms with Crippen LogP contribution in [0.4, 0.5) is 0 Å². The monoisotopic (exact) mass is 579 g/mol. The van der Waals surface area contributed by atoms with Crippen molar-refractivity contribution in [2.75, 3.05) is 7.11 Å². The van der Waals surface area contributed by atoms with E-state index >= 15 is 0 Å². The zero-order valence-corrected chi connectivity index (χ0v) is 25.1. The molecule has 2 atom stereocenters. The van der Waals surface area contributed by atoms with Gasteiger partial charge < -0.3 is 9.64 Å². The number of hydrogen-bond acceptors (Lipinski definition) is 3. The van der Waals surface area contributed by atoms with E-state index in [0.29, 0.717) is 12.1 Å². The Morgan fingerprint density at radius 1 is 0.705 bits per heavy atom. The molecule has 1 amide bonds. The fraction of sp³-hybridized carbons (Fsp3) is 0.200. The van der Waals surface area contributed by atoms with Crippen molar-refractivity contribution in [3.05, 3.63) is 167 Å². The van der Waals surface area contributed by atoms with E-state index in [9.17, 15) is 9.59 Å². The number of aryl methyl sites for hydroxylation is 1. The zero-order valence-electron chi connectivity index (χ0n) is 25.1. The number of hydrogen-bond donors (Lipinski definition) is 0. The van der Waals surface area contributed by atoms with E-state index in [2.05, 4.69) is 71.6 Å². The summed E-state index contributed by atoms with van der Waals surface area (Å²) in [7, 11) is 1.39. The van der Waals surface area contributed by atoms with Crippen molar-refractivity contribution in [2.24, 2.45) is 5.92 Å². The number of nitrogens with zero attached hydrogens (tertiary/aromatic N) is 1. The topological polar surface area (TPSA) is 46.6 Å². The summed E-state index contributed by atoms with van der Waals surface area (Å²) in [5.41, 5.74) is 7.96. The number of rotatable bonds is 9. The fourth-order valence-electron chi connectivity index (χ4n) is 6.69. The molecule has 0 bridgehead atoms. The van der Waals surface area contributed by atoms with Crippen molar-refractivity contribution in [1.82, 2.24) is 4.90 Å². The van der Waals surface area contributed by atoms with E-state index in [0.717, 1.165) is 41.5 Å². The van der Waals surface area contributed by atoms with Crippen LogP contribution in [0.25, 0.3) is 11.1 Å². The van der Waals surface area contributed by atoms with Crippen LogP contribution in [0.15, 0.2) is 133 Å². The Labute approximate surface area is 259 Å². The highest BCUT2D eigenvalue weighted by molar-refractivity contribution is 5.98. The lowest BCUT2D eigenvalue weighted by Gasteiger charge is -2.42. The number of methoxy groups -OCH3 is 1. The molecule has 0 saturated carbocycles. The Bertz CT molecular complexity index is 1730. The Morgan fingerprint density at radius 2 is 1.32 bits per heavy atom. The lowest BCUT2D eigenvalue weighted by molar-refractivity contribution is -0.135. The van der Waals surface area contributed by atoms with Crippen LogP contribution in [0.2, 0.25) is 0 Å². The van der Waals surface area contributed by atoms with Crippen molar-refractivity contribution in [3.8, 4) is 11.1 Å². The molecule has 6 rings (SSSR count). The number of amides is 1. The second-order valence-corrected chi connectivity index (χ2v) is 11.5. The Hall–Kier alpha value is -4.96. The Balaban J connectivity index is 1.41. The van der Waals surface area contributed by atoms with Crippen molar-refractivity contribution < 1.29 is 14.3 Å². The van der Waals surface area contributed by atoms with Gasteiger partial charge in [0, 0.05) is 6.54 Å². The molecule has 0 aliphatic heterocycles. The molecule has 0 N–H and O–H groups in total. The molecular formula is C40H37NO3. The molecule has 4 nitrogen and oxygen atoms in total. The second-order valence-electron chi connectivity index (χ2n) is 11.5. The van der Waals surface area contributed by atoms with Gasteiger partial charge in [-0.25, -0.2) is 4.79 Å². The summed E-state index contributed by atoms with van der Waals surface area (Å²) in [4.78, 5) is 29.5. The third-order valence-electron chi connectivity index (χ3n) is 8.78. The second kappa shape index (κ2) is 13.6. The molecule has 220 valence electrons. The van der Waals surface area contributed by atoms with Gasteiger partial charge in [0.15, 0.2) is 0 Å². The summed E-state index contributed by atoms with van der Waals surface area (Å²) in [5, 5.41) is 0. The van der Waals surface area contributed by atoms with Crippen molar-refractivity contribution in [2.45, 2.75) is 38.3 Å². The zero-order chi connectivity index (χ0) is 30.3. The highest BCUT2D eigenvalue weighted by atomic mass is 16.5. The molecule has 44 heavy (non-hydrogen) atoms. The van der Waals surface area contributed by atoms with E-state index < -0.39 is 5.97 Å². The summed E-state index contributed by atoms with van der Waals surface area (Å²) in [6.45, 7) is 0.519. The van der Waals surface area contributed by atoms with Gasteiger partial charge in [0.05, 0.1) is 25.1 Å². The Kier molecular flexibility index (Phi) is 8.98. The molecule has 0 heterocycles. The minimum atomic E-state index is -0.394. The number of carbonyl (C=O) groups excluding carboxylic acids is 2. The van der Waals surface area contributed by atoms with Gasteiger partial charge in [-0.1, -0.05) is 127 Å². The molecule has 0 saturated heterocycles. The van der Waals surface area contributed by atoms with Gasteiger partial charge in [0.1, 0.15) is 0 Å². The van der Waals surface area contributed by atoms with Crippen LogP contribution in [0.5, 0.6) is 0 Å². The lowest BCUT2D eigenvalue weighted by atomic mass is 9.76. The van der Waals surface area contributed by atoms with Gasteiger partial charge in [-0.05, 0) is 70.2 Å². The predicted molar refractivity (Wildman–Crippen MR) is 175 cm³/mol. The molecule has 1 aliphatic rings. The van der Waals surface area contributed by atoms with E-state index in [-0.39, 0.29) is 24.3 Å². The Morgan fingerprint density at radius 3 is 2.07 bits per heavy atom. The molecule has 1 aliphatic carbocycles. The third-order valence-corrected chi connectivity index (χ3v) is 8.78. The molecule has 0 fully saturated rings. The number of ether oxygens (including phenoxy) is 1. The summed E-state index contributed by atoms with van der Waals surface area (Å²) in [6, 6.07) is 44.8. The quantitative estimate of drug-likeness (QED) is 0.165. The van der Waals surface area contributed by atoms with Crippen LogP contribution in [0.1, 0.15) is 50.6 Å². The average Bonchev–Trinajstić information content (AvgIpc) is 3.08. The molecule has 0 unspecified atom stereocenters. The van der Waals surface area contributed by atoms with Crippen LogP contribution in [-0.4, -0.2) is 23.9 Å². The van der Waals surface area contributed by atoms with Gasteiger partial charge in [0.2, 0.25) is 5.91 Å². The smallest absolute Gasteiger partial charge is 0.338 e. The summed E-state index contributed by atoms with van der Waals surface area (Å²) in [6.07, 6.45) is 3.14. The SMILES string of the molecule is COC(=O)c1ccccc1-c1ccccc1CC(=O)N(Cc1ccccc1)[C@@H]1c2ccccc2CC[C@H]1Cc1ccccc1. The molecule has 0 spiro atoms. The van der Waals surface area contributed by atoms with Crippen molar-refractivity contribution in [1.29, 1.82) is 0 Å². The summed E-state index contributed by atoms with van der Waals surface area (Å²) < 4.78 is 5.08. The van der Waals surface area contributed by atoms with E-state index in [1.165, 1.54) is 23.8 Å². The van der Waals surface area contributed by atoms with Crippen LogP contribution in [0.3, 0.4) is 0 Å². The van der Waals surface area contributed by atoms with Crippen LogP contribution in [0, 0.1) is 5.92 Å². The minimum Gasteiger partial charge on any atom is -0.465 e. The fourth-order valence-corrected chi connectivity index (χ4v) is 6.69. The van der Waals surface area contributed by atoms with Gasteiger partial charge in [-0.2, -0.15) is 0 Å². The third kappa shape index (κ3) is 6.35. The van der Waals surface area contributed by atoms with Gasteiger partial charge in [0.25, 0.3) is 0 Å². The first-order chi connectivity index (χ1) is 21.6. The number of fused-ring (bicyclic) bond motifs is 1. The summed E-state index contributed by atoms with van der Waals surface area (Å²) >= 11 is 0. The molecule has 5 aromatic rings. The van der Waals surface area contributed by atoms with Gasteiger partial charge in [-0.15, -0.1) is 0 Å².